The molecule has 114 valence electrons. The van der Waals surface area contributed by atoms with Gasteiger partial charge in [-0.1, -0.05) is 13.8 Å². The fraction of sp³-hybridized carbons (Fsp3) is 0.538. The highest BCUT2D eigenvalue weighted by Crippen LogP contribution is 2.26. The average Bonchev–Trinajstić information content (AvgIpc) is 2.34. The van der Waals surface area contributed by atoms with Crippen LogP contribution in [-0.2, 0) is 10.0 Å². The third-order valence-electron chi connectivity index (χ3n) is 3.12. The van der Waals surface area contributed by atoms with Crippen molar-refractivity contribution in [2.24, 2.45) is 10.6 Å². The molecule has 7 heteroatoms. The number of nitrogen functional groups attached to an aromatic ring is 1. The summed E-state index contributed by atoms with van der Waals surface area (Å²) in [7, 11) is -3.73. The van der Waals surface area contributed by atoms with Crippen LogP contribution >= 0.6 is 0 Å². The summed E-state index contributed by atoms with van der Waals surface area (Å²) in [6.45, 7) is 5.02. The number of hydrogen-bond acceptors (Lipinski definition) is 5. The molecular weight excluding hydrogens is 278 g/mol. The van der Waals surface area contributed by atoms with E-state index in [1.54, 1.807) is 6.07 Å². The van der Waals surface area contributed by atoms with Gasteiger partial charge in [-0.2, -0.15) is 0 Å². The average molecular weight is 301 g/mol. The summed E-state index contributed by atoms with van der Waals surface area (Å²) in [5, 5.41) is 17.1. The predicted molar refractivity (Wildman–Crippen MR) is 80.8 cm³/mol. The molecule has 0 bridgehead atoms. The molecule has 0 spiro atoms. The highest BCUT2D eigenvalue weighted by molar-refractivity contribution is 7.89. The Balaban J connectivity index is 2.75. The van der Waals surface area contributed by atoms with Crippen molar-refractivity contribution in [2.45, 2.75) is 31.6 Å². The first-order valence-corrected chi connectivity index (χ1v) is 7.97. The number of hydrogen-bond donors (Lipinski definition) is 4. The van der Waals surface area contributed by atoms with Crippen LogP contribution in [0.4, 0.5) is 11.4 Å². The van der Waals surface area contributed by atoms with Crippen molar-refractivity contribution in [3.8, 4) is 0 Å². The molecule has 0 aromatic heterocycles. The van der Waals surface area contributed by atoms with Gasteiger partial charge in [0.25, 0.3) is 0 Å². The molecule has 1 rings (SSSR count). The Morgan fingerprint density at radius 3 is 2.50 bits per heavy atom. The molecular formula is C13H23N3O3S. The SMILES string of the molecule is CC(C)(CCCO)CNc1ccc(S(N)(=O)=O)cc1N. The summed E-state index contributed by atoms with van der Waals surface area (Å²) in [5.74, 6) is 0. The fourth-order valence-corrected chi connectivity index (χ4v) is 2.41. The first-order valence-electron chi connectivity index (χ1n) is 6.43. The van der Waals surface area contributed by atoms with Crippen molar-refractivity contribution in [1.82, 2.24) is 0 Å². The first kappa shape index (κ1) is 16.7. The zero-order chi connectivity index (χ0) is 15.4. The molecule has 0 saturated heterocycles. The summed E-state index contributed by atoms with van der Waals surface area (Å²) in [6, 6.07) is 4.38. The standard InChI is InChI=1S/C13H23N3O3S/c1-13(2,6-3-7-17)9-16-12-5-4-10(8-11(12)14)20(15,18)19/h4-5,8,16-17H,3,6-7,9,14H2,1-2H3,(H2,15,18,19). The van der Waals surface area contributed by atoms with Gasteiger partial charge in [-0.05, 0) is 36.5 Å². The van der Waals surface area contributed by atoms with Gasteiger partial charge in [0.15, 0.2) is 0 Å². The van der Waals surface area contributed by atoms with Crippen LogP contribution in [0.2, 0.25) is 0 Å². The quantitative estimate of drug-likeness (QED) is 0.563. The predicted octanol–water partition coefficient (Wildman–Crippen LogP) is 1.13. The van der Waals surface area contributed by atoms with E-state index < -0.39 is 10.0 Å². The van der Waals surface area contributed by atoms with Crippen LogP contribution in [0.3, 0.4) is 0 Å². The number of primary sulfonamides is 1. The zero-order valence-electron chi connectivity index (χ0n) is 11.9. The van der Waals surface area contributed by atoms with Gasteiger partial charge in [-0.3, -0.25) is 0 Å². The lowest BCUT2D eigenvalue weighted by atomic mass is 9.88. The second-order valence-corrected chi connectivity index (χ2v) is 7.20. The normalized spacial score (nSPS) is 12.4. The van der Waals surface area contributed by atoms with Gasteiger partial charge in [-0.15, -0.1) is 0 Å². The summed E-state index contributed by atoms with van der Waals surface area (Å²) >= 11 is 0. The van der Waals surface area contributed by atoms with Gasteiger partial charge in [-0.25, -0.2) is 13.6 Å². The molecule has 0 fully saturated rings. The lowest BCUT2D eigenvalue weighted by Gasteiger charge is -2.25. The molecule has 0 radical (unpaired) electrons. The van der Waals surface area contributed by atoms with Crippen molar-refractivity contribution in [1.29, 1.82) is 0 Å². The lowest BCUT2D eigenvalue weighted by molar-refractivity contribution is 0.248. The molecule has 6 N–H and O–H groups in total. The second kappa shape index (κ2) is 6.43. The molecule has 0 amide bonds. The first-order chi connectivity index (χ1) is 9.15. The van der Waals surface area contributed by atoms with Gasteiger partial charge >= 0.3 is 0 Å². The minimum Gasteiger partial charge on any atom is -0.397 e. The summed E-state index contributed by atoms with van der Waals surface area (Å²) in [6.07, 6.45) is 1.63. The third kappa shape index (κ3) is 4.99. The Morgan fingerprint density at radius 2 is 2.00 bits per heavy atom. The van der Waals surface area contributed by atoms with Crippen LogP contribution < -0.4 is 16.2 Å². The Morgan fingerprint density at radius 1 is 1.35 bits per heavy atom. The van der Waals surface area contributed by atoms with Crippen LogP contribution in [0.15, 0.2) is 23.1 Å². The van der Waals surface area contributed by atoms with Crippen molar-refractivity contribution in [2.75, 3.05) is 24.2 Å². The minimum atomic E-state index is -3.73. The smallest absolute Gasteiger partial charge is 0.238 e. The Bertz CT molecular complexity index is 556. The number of benzene rings is 1. The highest BCUT2D eigenvalue weighted by Gasteiger charge is 2.18. The van der Waals surface area contributed by atoms with Crippen LogP contribution in [0.1, 0.15) is 26.7 Å². The maximum Gasteiger partial charge on any atom is 0.238 e. The fourth-order valence-electron chi connectivity index (χ4n) is 1.86. The molecule has 20 heavy (non-hydrogen) atoms. The molecule has 0 saturated carbocycles. The van der Waals surface area contributed by atoms with Crippen molar-refractivity contribution >= 4 is 21.4 Å². The van der Waals surface area contributed by atoms with Crippen LogP contribution in [0.5, 0.6) is 0 Å². The Hall–Kier alpha value is -1.31. The number of aliphatic hydroxyl groups excluding tert-OH is 1. The van der Waals surface area contributed by atoms with E-state index in [4.69, 9.17) is 16.0 Å². The van der Waals surface area contributed by atoms with E-state index in [0.29, 0.717) is 17.9 Å². The Labute approximate surface area is 120 Å². The molecule has 0 atom stereocenters. The molecule has 1 aromatic carbocycles. The van der Waals surface area contributed by atoms with Gasteiger partial charge < -0.3 is 16.2 Å². The summed E-state index contributed by atoms with van der Waals surface area (Å²) < 4.78 is 22.4. The van der Waals surface area contributed by atoms with Gasteiger partial charge in [0.2, 0.25) is 10.0 Å². The monoisotopic (exact) mass is 301 g/mol. The molecule has 0 heterocycles. The Kier molecular flexibility index (Phi) is 5.38. The van der Waals surface area contributed by atoms with Gasteiger partial charge in [0.1, 0.15) is 0 Å². The summed E-state index contributed by atoms with van der Waals surface area (Å²) in [5.41, 5.74) is 6.85. The molecule has 0 unspecified atom stereocenters. The van der Waals surface area contributed by atoms with E-state index in [0.717, 1.165) is 12.8 Å². The summed E-state index contributed by atoms with van der Waals surface area (Å²) in [4.78, 5) is 0.0000840. The van der Waals surface area contributed by atoms with Crippen LogP contribution in [-0.4, -0.2) is 26.7 Å². The molecule has 0 aliphatic heterocycles. The topological polar surface area (TPSA) is 118 Å². The number of aliphatic hydroxyl groups is 1. The van der Waals surface area contributed by atoms with Crippen LogP contribution in [0, 0.1) is 5.41 Å². The van der Waals surface area contributed by atoms with Crippen LogP contribution in [0.25, 0.3) is 0 Å². The number of anilines is 2. The number of rotatable bonds is 7. The van der Waals surface area contributed by atoms with Gasteiger partial charge in [0.05, 0.1) is 16.3 Å². The van der Waals surface area contributed by atoms with Crippen molar-refractivity contribution in [3.05, 3.63) is 18.2 Å². The van der Waals surface area contributed by atoms with E-state index in [9.17, 15) is 8.42 Å². The third-order valence-corrected chi connectivity index (χ3v) is 4.03. The van der Waals surface area contributed by atoms with E-state index in [1.165, 1.54) is 12.1 Å². The number of sulfonamides is 1. The van der Waals surface area contributed by atoms with Crippen molar-refractivity contribution < 1.29 is 13.5 Å². The maximum atomic E-state index is 11.2. The maximum absolute atomic E-state index is 11.2. The minimum absolute atomic E-state index is 0.0000840. The van der Waals surface area contributed by atoms with E-state index in [-0.39, 0.29) is 16.9 Å². The molecule has 1 aromatic rings. The number of nitrogens with two attached hydrogens (primary N) is 2. The zero-order valence-corrected chi connectivity index (χ0v) is 12.7. The van der Waals surface area contributed by atoms with Crippen molar-refractivity contribution in [3.63, 3.8) is 0 Å². The number of nitrogens with one attached hydrogen (secondary N) is 1. The second-order valence-electron chi connectivity index (χ2n) is 5.64. The van der Waals surface area contributed by atoms with E-state index in [1.807, 2.05) is 0 Å². The van der Waals surface area contributed by atoms with E-state index in [2.05, 4.69) is 19.2 Å². The largest absolute Gasteiger partial charge is 0.397 e. The molecule has 0 aliphatic carbocycles. The highest BCUT2D eigenvalue weighted by atomic mass is 32.2. The van der Waals surface area contributed by atoms with Gasteiger partial charge in [0, 0.05) is 13.2 Å². The molecule has 6 nitrogen and oxygen atoms in total. The van der Waals surface area contributed by atoms with E-state index >= 15 is 0 Å². The lowest BCUT2D eigenvalue weighted by Crippen LogP contribution is -2.24. The molecule has 0 aliphatic rings.